The molecule has 1 aliphatic heterocycles. The third-order valence-electron chi connectivity index (χ3n) is 4.68. The van der Waals surface area contributed by atoms with E-state index >= 15 is 0 Å². The van der Waals surface area contributed by atoms with Crippen LogP contribution in [0, 0.1) is 11.7 Å². The highest BCUT2D eigenvalue weighted by Gasteiger charge is 2.33. The maximum absolute atomic E-state index is 13.0. The summed E-state index contributed by atoms with van der Waals surface area (Å²) in [6.07, 6.45) is 2.09. The van der Waals surface area contributed by atoms with Crippen LogP contribution in [0.5, 0.6) is 0 Å². The molecule has 1 heterocycles. The average Bonchev–Trinajstić information content (AvgIpc) is 2.64. The lowest BCUT2D eigenvalue weighted by Gasteiger charge is -2.35. The molecule has 3 amide bonds. The summed E-state index contributed by atoms with van der Waals surface area (Å²) in [5, 5.41) is 5.63. The Morgan fingerprint density at radius 1 is 1.19 bits per heavy atom. The summed E-state index contributed by atoms with van der Waals surface area (Å²) >= 11 is 0. The van der Waals surface area contributed by atoms with Crippen LogP contribution in [-0.2, 0) is 9.59 Å². The summed E-state index contributed by atoms with van der Waals surface area (Å²) in [6, 6.07) is 4.54. The van der Waals surface area contributed by atoms with E-state index in [1.807, 2.05) is 6.92 Å². The van der Waals surface area contributed by atoms with Gasteiger partial charge in [-0.3, -0.25) is 14.4 Å². The molecule has 1 fully saturated rings. The molecule has 0 aliphatic carbocycles. The number of nitrogens with one attached hydrogen (secondary N) is 2. The van der Waals surface area contributed by atoms with Gasteiger partial charge in [0.2, 0.25) is 11.8 Å². The molecule has 0 bridgehead atoms. The maximum atomic E-state index is 13.0. The summed E-state index contributed by atoms with van der Waals surface area (Å²) < 4.78 is 13.0. The van der Waals surface area contributed by atoms with Gasteiger partial charge < -0.3 is 15.5 Å². The Labute approximate surface area is 153 Å². The minimum Gasteiger partial charge on any atom is -0.354 e. The van der Waals surface area contributed by atoms with Gasteiger partial charge in [-0.2, -0.15) is 0 Å². The Hall–Kier alpha value is -2.44. The second-order valence-electron chi connectivity index (χ2n) is 6.59. The van der Waals surface area contributed by atoms with Crippen LogP contribution in [0.25, 0.3) is 0 Å². The van der Waals surface area contributed by atoms with Crippen LogP contribution in [0.4, 0.5) is 4.39 Å². The van der Waals surface area contributed by atoms with Crippen molar-refractivity contribution in [2.45, 2.75) is 39.2 Å². The Balaban J connectivity index is 2.08. The van der Waals surface area contributed by atoms with Gasteiger partial charge in [0.15, 0.2) is 0 Å². The number of likely N-dealkylation sites (tertiary alicyclic amines) is 1. The van der Waals surface area contributed by atoms with Crippen LogP contribution in [0.3, 0.4) is 0 Å². The van der Waals surface area contributed by atoms with E-state index in [1.54, 1.807) is 4.90 Å². The minimum atomic E-state index is -0.673. The van der Waals surface area contributed by atoms with E-state index in [-0.39, 0.29) is 17.7 Å². The summed E-state index contributed by atoms with van der Waals surface area (Å²) in [5.41, 5.74) is 0.306. The molecule has 1 atom stereocenters. The molecule has 0 radical (unpaired) electrons. The molecule has 6 nitrogen and oxygen atoms in total. The van der Waals surface area contributed by atoms with Gasteiger partial charge in [-0.1, -0.05) is 6.92 Å². The first-order valence-corrected chi connectivity index (χ1v) is 9.02. The van der Waals surface area contributed by atoms with Crippen molar-refractivity contribution in [3.05, 3.63) is 35.6 Å². The average molecular weight is 363 g/mol. The number of nitrogens with zero attached hydrogens (tertiary/aromatic N) is 1. The second-order valence-corrected chi connectivity index (χ2v) is 6.59. The predicted octanol–water partition coefficient (Wildman–Crippen LogP) is 1.71. The molecule has 1 aromatic carbocycles. The van der Waals surface area contributed by atoms with Gasteiger partial charge in [-0.15, -0.1) is 0 Å². The normalized spacial score (nSPS) is 16.0. The Bertz CT molecular complexity index is 640. The molecule has 7 heteroatoms. The van der Waals surface area contributed by atoms with Crippen molar-refractivity contribution in [2.24, 2.45) is 5.92 Å². The highest BCUT2D eigenvalue weighted by Crippen LogP contribution is 2.21. The number of carbonyl (C=O) groups is 3. The van der Waals surface area contributed by atoms with E-state index < -0.39 is 17.8 Å². The van der Waals surface area contributed by atoms with Gasteiger partial charge in [0.05, 0.1) is 0 Å². The van der Waals surface area contributed by atoms with Crippen molar-refractivity contribution in [3.63, 3.8) is 0 Å². The smallest absolute Gasteiger partial charge is 0.251 e. The Morgan fingerprint density at radius 2 is 1.81 bits per heavy atom. The Kier molecular flexibility index (Phi) is 7.12. The van der Waals surface area contributed by atoms with Gasteiger partial charge in [0.1, 0.15) is 11.9 Å². The van der Waals surface area contributed by atoms with Gasteiger partial charge in [0.25, 0.3) is 5.91 Å². The molecule has 0 saturated carbocycles. The van der Waals surface area contributed by atoms with Gasteiger partial charge >= 0.3 is 0 Å². The molecule has 1 aromatic rings. The number of halogens is 1. The third-order valence-corrected chi connectivity index (χ3v) is 4.68. The minimum absolute atomic E-state index is 0.0192. The lowest BCUT2D eigenvalue weighted by atomic mass is 9.88. The van der Waals surface area contributed by atoms with Crippen molar-refractivity contribution in [1.82, 2.24) is 15.5 Å². The fourth-order valence-electron chi connectivity index (χ4n) is 3.13. The monoisotopic (exact) mass is 363 g/mol. The van der Waals surface area contributed by atoms with Crippen LogP contribution in [0.15, 0.2) is 24.3 Å². The van der Waals surface area contributed by atoms with E-state index in [0.29, 0.717) is 38.0 Å². The van der Waals surface area contributed by atoms with E-state index in [4.69, 9.17) is 0 Å². The first-order valence-electron chi connectivity index (χ1n) is 9.02. The summed E-state index contributed by atoms with van der Waals surface area (Å²) in [5.74, 6) is -1.08. The summed E-state index contributed by atoms with van der Waals surface area (Å²) in [7, 11) is 0. The molecule has 0 aromatic heterocycles. The molecule has 26 heavy (non-hydrogen) atoms. The number of amides is 3. The van der Waals surface area contributed by atoms with E-state index in [0.717, 1.165) is 6.42 Å². The zero-order chi connectivity index (χ0) is 19.1. The van der Waals surface area contributed by atoms with E-state index in [9.17, 15) is 18.8 Å². The van der Waals surface area contributed by atoms with Crippen LogP contribution in [0.1, 0.15) is 43.5 Å². The summed E-state index contributed by atoms with van der Waals surface area (Å²) in [6.45, 7) is 5.17. The van der Waals surface area contributed by atoms with Crippen LogP contribution >= 0.6 is 0 Å². The van der Waals surface area contributed by atoms with E-state index in [2.05, 4.69) is 10.6 Å². The molecule has 2 N–H and O–H groups in total. The van der Waals surface area contributed by atoms with Crippen LogP contribution < -0.4 is 10.6 Å². The highest BCUT2D eigenvalue weighted by atomic mass is 19.1. The maximum Gasteiger partial charge on any atom is 0.251 e. The molecular formula is C19H26FN3O3. The number of hydrogen-bond acceptors (Lipinski definition) is 3. The molecule has 142 valence electrons. The lowest BCUT2D eigenvalue weighted by molar-refractivity contribution is -0.130. The van der Waals surface area contributed by atoms with Gasteiger partial charge in [0, 0.05) is 32.1 Å². The van der Waals surface area contributed by atoms with Crippen molar-refractivity contribution in [1.29, 1.82) is 0 Å². The fraction of sp³-hybridized carbons (Fsp3) is 0.526. The van der Waals surface area contributed by atoms with Crippen LogP contribution in [-0.4, -0.2) is 48.3 Å². The Morgan fingerprint density at radius 3 is 2.35 bits per heavy atom. The first-order chi connectivity index (χ1) is 12.4. The molecule has 1 saturated heterocycles. The summed E-state index contributed by atoms with van der Waals surface area (Å²) in [4.78, 5) is 38.3. The predicted molar refractivity (Wildman–Crippen MR) is 95.9 cm³/mol. The SMILES string of the molecule is CCCNC(=O)C(NC(=O)c1ccc(F)cc1)C1CCN(C(C)=O)CC1. The molecule has 1 unspecified atom stereocenters. The van der Waals surface area contributed by atoms with Gasteiger partial charge in [-0.25, -0.2) is 4.39 Å². The zero-order valence-corrected chi connectivity index (χ0v) is 15.3. The van der Waals surface area contributed by atoms with Crippen molar-refractivity contribution >= 4 is 17.7 Å². The van der Waals surface area contributed by atoms with Crippen molar-refractivity contribution < 1.29 is 18.8 Å². The number of rotatable bonds is 6. The standard InChI is InChI=1S/C19H26FN3O3/c1-3-10-21-19(26)17(14-8-11-23(12-9-14)13(2)24)22-18(25)15-4-6-16(20)7-5-15/h4-7,14,17H,3,8-12H2,1-2H3,(H,21,26)(H,22,25). The second kappa shape index (κ2) is 9.31. The van der Waals surface area contributed by atoms with Gasteiger partial charge in [-0.05, 0) is 49.4 Å². The van der Waals surface area contributed by atoms with Crippen molar-refractivity contribution in [2.75, 3.05) is 19.6 Å². The quantitative estimate of drug-likeness (QED) is 0.808. The number of carbonyl (C=O) groups excluding carboxylic acids is 3. The molecular weight excluding hydrogens is 337 g/mol. The number of benzene rings is 1. The molecule has 1 aliphatic rings. The molecule has 2 rings (SSSR count). The number of hydrogen-bond donors (Lipinski definition) is 2. The third kappa shape index (κ3) is 5.28. The topological polar surface area (TPSA) is 78.5 Å². The number of piperidine rings is 1. The van der Waals surface area contributed by atoms with E-state index in [1.165, 1.54) is 31.2 Å². The largest absolute Gasteiger partial charge is 0.354 e. The van der Waals surface area contributed by atoms with Crippen molar-refractivity contribution in [3.8, 4) is 0 Å². The first kappa shape index (κ1) is 19.9. The highest BCUT2D eigenvalue weighted by molar-refractivity contribution is 5.97. The van der Waals surface area contributed by atoms with Crippen LogP contribution in [0.2, 0.25) is 0 Å². The molecule has 0 spiro atoms. The zero-order valence-electron chi connectivity index (χ0n) is 15.3. The fourth-order valence-corrected chi connectivity index (χ4v) is 3.13. The lowest BCUT2D eigenvalue weighted by Crippen LogP contribution is -2.53.